The number of thiophene rings is 1. The van der Waals surface area contributed by atoms with E-state index in [-0.39, 0.29) is 0 Å². The topological polar surface area (TPSA) is 37.4 Å². The quantitative estimate of drug-likeness (QED) is 0.802. The zero-order chi connectivity index (χ0) is 13.5. The van der Waals surface area contributed by atoms with Gasteiger partial charge in [-0.15, -0.1) is 11.3 Å². The number of hydrogen-bond acceptors (Lipinski definition) is 3. The SMILES string of the molecule is O=S(=O)(c1ccc(Br)s1)N1CCC2CCCCC2C1. The minimum atomic E-state index is -3.27. The van der Waals surface area contributed by atoms with Gasteiger partial charge in [0.05, 0.1) is 3.79 Å². The number of hydrogen-bond donors (Lipinski definition) is 0. The van der Waals surface area contributed by atoms with Gasteiger partial charge < -0.3 is 0 Å². The van der Waals surface area contributed by atoms with E-state index in [1.165, 1.54) is 37.0 Å². The molecular weight excluding hydrogens is 346 g/mol. The van der Waals surface area contributed by atoms with Crippen LogP contribution in [0.15, 0.2) is 20.1 Å². The van der Waals surface area contributed by atoms with Crippen molar-refractivity contribution in [3.8, 4) is 0 Å². The molecular formula is C13H18BrNO2S2. The van der Waals surface area contributed by atoms with E-state index in [1.54, 1.807) is 10.4 Å². The van der Waals surface area contributed by atoms with E-state index in [4.69, 9.17) is 0 Å². The van der Waals surface area contributed by atoms with Gasteiger partial charge in [-0.25, -0.2) is 8.42 Å². The van der Waals surface area contributed by atoms with Crippen LogP contribution in [-0.2, 0) is 10.0 Å². The molecule has 1 aromatic heterocycles. The summed E-state index contributed by atoms with van der Waals surface area (Å²) in [5.74, 6) is 1.34. The third kappa shape index (κ3) is 2.77. The normalized spacial score (nSPS) is 29.1. The maximum Gasteiger partial charge on any atom is 0.252 e. The number of halogens is 1. The molecule has 1 saturated heterocycles. The highest BCUT2D eigenvalue weighted by Gasteiger charge is 2.36. The summed E-state index contributed by atoms with van der Waals surface area (Å²) in [6.07, 6.45) is 6.12. The summed E-state index contributed by atoms with van der Waals surface area (Å²) in [7, 11) is -3.27. The first-order valence-electron chi connectivity index (χ1n) is 6.83. The van der Waals surface area contributed by atoms with Crippen molar-refractivity contribution in [3.05, 3.63) is 15.9 Å². The molecule has 2 heterocycles. The number of sulfonamides is 1. The first-order valence-corrected chi connectivity index (χ1v) is 9.88. The van der Waals surface area contributed by atoms with Crippen molar-refractivity contribution in [3.63, 3.8) is 0 Å². The molecule has 6 heteroatoms. The van der Waals surface area contributed by atoms with Gasteiger partial charge in [0.25, 0.3) is 10.0 Å². The van der Waals surface area contributed by atoms with E-state index in [2.05, 4.69) is 15.9 Å². The Hall–Kier alpha value is 0.0900. The predicted octanol–water partition coefficient (Wildman–Crippen LogP) is 3.71. The smallest absolute Gasteiger partial charge is 0.206 e. The summed E-state index contributed by atoms with van der Waals surface area (Å²) < 4.78 is 28.2. The van der Waals surface area contributed by atoms with E-state index < -0.39 is 10.0 Å². The molecule has 3 nitrogen and oxygen atoms in total. The maximum absolute atomic E-state index is 12.6. The Morgan fingerprint density at radius 2 is 1.89 bits per heavy atom. The Bertz CT molecular complexity index is 555. The summed E-state index contributed by atoms with van der Waals surface area (Å²) in [5.41, 5.74) is 0. The average molecular weight is 364 g/mol. The summed E-state index contributed by atoms with van der Waals surface area (Å²) in [4.78, 5) is 0. The third-order valence-corrected chi connectivity index (χ3v) is 8.35. The molecule has 0 bridgehead atoms. The van der Waals surface area contributed by atoms with Crippen LogP contribution in [0.5, 0.6) is 0 Å². The van der Waals surface area contributed by atoms with Crippen molar-refractivity contribution in [2.45, 2.75) is 36.3 Å². The van der Waals surface area contributed by atoms with Crippen LogP contribution in [0.1, 0.15) is 32.1 Å². The lowest BCUT2D eigenvalue weighted by molar-refractivity contribution is 0.136. The van der Waals surface area contributed by atoms with Crippen molar-refractivity contribution in [2.24, 2.45) is 11.8 Å². The molecule has 0 N–H and O–H groups in total. The second-order valence-corrected chi connectivity index (χ2v) is 10.1. The molecule has 3 rings (SSSR count). The lowest BCUT2D eigenvalue weighted by Gasteiger charge is -2.40. The first kappa shape index (κ1) is 14.0. The van der Waals surface area contributed by atoms with Crippen LogP contribution >= 0.6 is 27.3 Å². The molecule has 19 heavy (non-hydrogen) atoms. The monoisotopic (exact) mass is 363 g/mol. The number of piperidine rings is 1. The fourth-order valence-electron chi connectivity index (χ4n) is 3.35. The van der Waals surface area contributed by atoms with Crippen LogP contribution in [0.25, 0.3) is 0 Å². The molecule has 2 fully saturated rings. The van der Waals surface area contributed by atoms with Gasteiger partial charge in [-0.05, 0) is 52.7 Å². The van der Waals surface area contributed by atoms with E-state index in [9.17, 15) is 8.42 Å². The van der Waals surface area contributed by atoms with Crippen LogP contribution < -0.4 is 0 Å². The van der Waals surface area contributed by atoms with E-state index in [0.29, 0.717) is 16.7 Å². The van der Waals surface area contributed by atoms with Crippen molar-refractivity contribution < 1.29 is 8.42 Å². The van der Waals surface area contributed by atoms with Gasteiger partial charge in [0.2, 0.25) is 0 Å². The van der Waals surface area contributed by atoms with Crippen LogP contribution in [-0.4, -0.2) is 25.8 Å². The zero-order valence-electron chi connectivity index (χ0n) is 10.7. The van der Waals surface area contributed by atoms with Gasteiger partial charge in [0, 0.05) is 13.1 Å². The van der Waals surface area contributed by atoms with E-state index in [0.717, 1.165) is 22.7 Å². The third-order valence-electron chi connectivity index (χ3n) is 4.40. The molecule has 1 saturated carbocycles. The van der Waals surface area contributed by atoms with Crippen LogP contribution in [0.4, 0.5) is 0 Å². The average Bonchev–Trinajstić information content (AvgIpc) is 2.85. The molecule has 1 aromatic rings. The molecule has 106 valence electrons. The molecule has 2 aliphatic rings. The van der Waals surface area contributed by atoms with Crippen molar-refractivity contribution in [1.82, 2.24) is 4.31 Å². The largest absolute Gasteiger partial charge is 0.252 e. The van der Waals surface area contributed by atoms with Gasteiger partial charge in [-0.1, -0.05) is 19.3 Å². The van der Waals surface area contributed by atoms with Crippen LogP contribution in [0.2, 0.25) is 0 Å². The number of nitrogens with zero attached hydrogens (tertiary/aromatic N) is 1. The predicted molar refractivity (Wildman–Crippen MR) is 80.8 cm³/mol. The zero-order valence-corrected chi connectivity index (χ0v) is 13.9. The highest BCUT2D eigenvalue weighted by atomic mass is 79.9. The van der Waals surface area contributed by atoms with Gasteiger partial charge in [0.1, 0.15) is 4.21 Å². The summed E-state index contributed by atoms with van der Waals surface area (Å²) in [5, 5.41) is 0. The van der Waals surface area contributed by atoms with E-state index >= 15 is 0 Å². The van der Waals surface area contributed by atoms with Gasteiger partial charge in [0.15, 0.2) is 0 Å². The second-order valence-electron chi connectivity index (χ2n) is 5.51. The molecule has 0 spiro atoms. The Morgan fingerprint density at radius 1 is 1.16 bits per heavy atom. The summed E-state index contributed by atoms with van der Waals surface area (Å²) >= 11 is 4.64. The standard InChI is InChI=1S/C13H18BrNO2S2/c14-12-5-6-13(18-12)19(16,17)15-8-7-10-3-1-2-4-11(10)9-15/h5-6,10-11H,1-4,7-9H2. The Balaban J connectivity index is 1.79. The van der Waals surface area contributed by atoms with Crippen molar-refractivity contribution in [2.75, 3.05) is 13.1 Å². The molecule has 2 unspecified atom stereocenters. The van der Waals surface area contributed by atoms with Gasteiger partial charge >= 0.3 is 0 Å². The number of rotatable bonds is 2. The highest BCUT2D eigenvalue weighted by Crippen LogP contribution is 2.38. The lowest BCUT2D eigenvalue weighted by Crippen LogP contribution is -2.44. The summed E-state index contributed by atoms with van der Waals surface area (Å²) in [6.45, 7) is 1.42. The Morgan fingerprint density at radius 3 is 2.58 bits per heavy atom. The molecule has 0 amide bonds. The number of fused-ring (bicyclic) bond motifs is 1. The van der Waals surface area contributed by atoms with Crippen molar-refractivity contribution in [1.29, 1.82) is 0 Å². The maximum atomic E-state index is 12.6. The van der Waals surface area contributed by atoms with Crippen molar-refractivity contribution >= 4 is 37.3 Å². The molecule has 1 aliphatic carbocycles. The first-order chi connectivity index (χ1) is 9.07. The van der Waals surface area contributed by atoms with E-state index in [1.807, 2.05) is 6.07 Å². The fourth-order valence-corrected chi connectivity index (χ4v) is 7.03. The molecule has 0 radical (unpaired) electrons. The van der Waals surface area contributed by atoms with Gasteiger partial charge in [-0.2, -0.15) is 4.31 Å². The molecule has 2 atom stereocenters. The Labute approximate surface area is 127 Å². The van der Waals surface area contributed by atoms with Gasteiger partial charge in [-0.3, -0.25) is 0 Å². The highest BCUT2D eigenvalue weighted by molar-refractivity contribution is 9.11. The molecule has 1 aliphatic heterocycles. The summed E-state index contributed by atoms with van der Waals surface area (Å²) in [6, 6.07) is 3.52. The lowest BCUT2D eigenvalue weighted by atomic mass is 9.76. The molecule has 0 aromatic carbocycles. The Kier molecular flexibility index (Phi) is 4.04. The van der Waals surface area contributed by atoms with Crippen LogP contribution in [0, 0.1) is 11.8 Å². The van der Waals surface area contributed by atoms with Crippen LogP contribution in [0.3, 0.4) is 0 Å². The fraction of sp³-hybridized carbons (Fsp3) is 0.692. The minimum Gasteiger partial charge on any atom is -0.206 e. The minimum absolute atomic E-state index is 0.466. The second kappa shape index (κ2) is 5.47.